The zero-order chi connectivity index (χ0) is 14.6. The molecule has 1 aliphatic heterocycles. The van der Waals surface area contributed by atoms with Crippen LogP contribution in [-0.2, 0) is 10.0 Å². The van der Waals surface area contributed by atoms with E-state index >= 15 is 0 Å². The molecule has 6 heteroatoms. The number of piperidine rings is 1. The number of benzene rings is 1. The summed E-state index contributed by atoms with van der Waals surface area (Å²) >= 11 is 0. The molecule has 1 aliphatic rings. The van der Waals surface area contributed by atoms with Crippen molar-refractivity contribution in [1.82, 2.24) is 10.0 Å². The van der Waals surface area contributed by atoms with Gasteiger partial charge in [-0.3, -0.25) is 0 Å². The minimum Gasteiger partial charge on any atom is -0.316 e. The predicted molar refractivity (Wildman–Crippen MR) is 77.3 cm³/mol. The maximum atomic E-state index is 13.1. The molecule has 1 aromatic rings. The summed E-state index contributed by atoms with van der Waals surface area (Å²) in [6.45, 7) is 3.43. The van der Waals surface area contributed by atoms with Crippen LogP contribution in [-0.4, -0.2) is 27.3 Å². The minimum atomic E-state index is -3.35. The molecule has 20 heavy (non-hydrogen) atoms. The second-order valence-corrected chi connectivity index (χ2v) is 7.19. The van der Waals surface area contributed by atoms with Gasteiger partial charge in [0.2, 0.25) is 10.0 Å². The number of sulfonamides is 1. The van der Waals surface area contributed by atoms with E-state index in [1.54, 1.807) is 19.1 Å². The predicted octanol–water partition coefficient (Wildman–Crippen LogP) is 1.81. The molecule has 2 unspecified atom stereocenters. The van der Waals surface area contributed by atoms with Crippen LogP contribution in [0.25, 0.3) is 0 Å². The number of hydrogen-bond acceptors (Lipinski definition) is 3. The molecule has 2 atom stereocenters. The van der Waals surface area contributed by atoms with Crippen LogP contribution in [0.2, 0.25) is 0 Å². The van der Waals surface area contributed by atoms with Gasteiger partial charge in [-0.05, 0) is 56.5 Å². The van der Waals surface area contributed by atoms with Crippen LogP contribution < -0.4 is 10.0 Å². The van der Waals surface area contributed by atoms with Gasteiger partial charge in [-0.1, -0.05) is 12.1 Å². The standard InChI is InChI=1S/C14H21FN2O2S/c1-11(13-5-2-6-14(15)8-13)17-20(18,19)10-12-4-3-7-16-9-12/h2,5-6,8,11-12,16-17H,3-4,7,9-10H2,1H3. The quantitative estimate of drug-likeness (QED) is 0.872. The SMILES string of the molecule is CC(NS(=O)(=O)CC1CCCNC1)c1cccc(F)c1. The van der Waals surface area contributed by atoms with Gasteiger partial charge in [0.25, 0.3) is 0 Å². The second-order valence-electron chi connectivity index (χ2n) is 5.39. The van der Waals surface area contributed by atoms with Crippen LogP contribution >= 0.6 is 0 Å². The van der Waals surface area contributed by atoms with E-state index in [4.69, 9.17) is 0 Å². The molecule has 0 aromatic heterocycles. The molecule has 2 N–H and O–H groups in total. The number of rotatable bonds is 5. The Balaban J connectivity index is 1.96. The summed E-state index contributed by atoms with van der Waals surface area (Å²) in [6.07, 6.45) is 1.95. The first-order chi connectivity index (χ1) is 9.46. The first-order valence-electron chi connectivity index (χ1n) is 6.92. The highest BCUT2D eigenvalue weighted by Crippen LogP contribution is 2.17. The van der Waals surface area contributed by atoms with Crippen molar-refractivity contribution in [2.75, 3.05) is 18.8 Å². The average molecular weight is 300 g/mol. The summed E-state index contributed by atoms with van der Waals surface area (Å²) < 4.78 is 40.0. The molecule has 1 heterocycles. The Morgan fingerprint density at radius 1 is 1.50 bits per heavy atom. The fourth-order valence-electron chi connectivity index (χ4n) is 2.54. The average Bonchev–Trinajstić information content (AvgIpc) is 2.38. The minimum absolute atomic E-state index is 0.125. The van der Waals surface area contributed by atoms with Crippen LogP contribution in [0.15, 0.2) is 24.3 Å². The lowest BCUT2D eigenvalue weighted by Gasteiger charge is -2.23. The third kappa shape index (κ3) is 4.54. The lowest BCUT2D eigenvalue weighted by Crippen LogP contribution is -2.38. The summed E-state index contributed by atoms with van der Waals surface area (Å²) in [6, 6.07) is 5.58. The monoisotopic (exact) mass is 300 g/mol. The van der Waals surface area contributed by atoms with Crippen molar-refractivity contribution < 1.29 is 12.8 Å². The first-order valence-corrected chi connectivity index (χ1v) is 8.58. The van der Waals surface area contributed by atoms with Crippen molar-refractivity contribution >= 4 is 10.0 Å². The second kappa shape index (κ2) is 6.65. The summed E-state index contributed by atoms with van der Waals surface area (Å²) in [5, 5.41) is 3.21. The number of nitrogens with one attached hydrogen (secondary N) is 2. The zero-order valence-corrected chi connectivity index (χ0v) is 12.4. The van der Waals surface area contributed by atoms with Gasteiger partial charge in [0.1, 0.15) is 5.82 Å². The molecular formula is C14H21FN2O2S. The van der Waals surface area contributed by atoms with Gasteiger partial charge in [0, 0.05) is 6.04 Å². The smallest absolute Gasteiger partial charge is 0.212 e. The van der Waals surface area contributed by atoms with Gasteiger partial charge < -0.3 is 5.32 Å². The van der Waals surface area contributed by atoms with Crippen LogP contribution in [0.1, 0.15) is 31.4 Å². The lowest BCUT2D eigenvalue weighted by atomic mass is 10.0. The fraction of sp³-hybridized carbons (Fsp3) is 0.571. The molecule has 0 bridgehead atoms. The molecule has 1 saturated heterocycles. The molecule has 1 aromatic carbocycles. The van der Waals surface area contributed by atoms with E-state index in [0.29, 0.717) is 5.56 Å². The van der Waals surface area contributed by atoms with Crippen LogP contribution in [0.4, 0.5) is 4.39 Å². The van der Waals surface area contributed by atoms with Gasteiger partial charge >= 0.3 is 0 Å². The molecule has 0 amide bonds. The molecule has 112 valence electrons. The largest absolute Gasteiger partial charge is 0.316 e. The third-order valence-corrected chi connectivity index (χ3v) is 5.18. The van der Waals surface area contributed by atoms with Crippen LogP contribution in [0.3, 0.4) is 0 Å². The van der Waals surface area contributed by atoms with Crippen molar-refractivity contribution in [3.63, 3.8) is 0 Å². The van der Waals surface area contributed by atoms with Gasteiger partial charge in [0.15, 0.2) is 0 Å². The van der Waals surface area contributed by atoms with E-state index in [0.717, 1.165) is 25.9 Å². The van der Waals surface area contributed by atoms with E-state index < -0.39 is 16.1 Å². The summed E-state index contributed by atoms with van der Waals surface area (Å²) in [4.78, 5) is 0. The highest BCUT2D eigenvalue weighted by Gasteiger charge is 2.23. The molecule has 1 fully saturated rings. The highest BCUT2D eigenvalue weighted by atomic mass is 32.2. The van der Waals surface area contributed by atoms with Crippen LogP contribution in [0.5, 0.6) is 0 Å². The van der Waals surface area contributed by atoms with Crippen molar-refractivity contribution in [2.24, 2.45) is 5.92 Å². The molecule has 4 nitrogen and oxygen atoms in total. The van der Waals surface area contributed by atoms with E-state index in [1.807, 2.05) is 0 Å². The Bertz CT molecular complexity index is 542. The fourth-order valence-corrected chi connectivity index (χ4v) is 4.21. The Labute approximate surface area is 119 Å². The summed E-state index contributed by atoms with van der Waals surface area (Å²) in [5.41, 5.74) is 0.635. The van der Waals surface area contributed by atoms with Gasteiger partial charge in [-0.25, -0.2) is 17.5 Å². The molecule has 0 radical (unpaired) electrons. The van der Waals surface area contributed by atoms with Gasteiger partial charge in [-0.15, -0.1) is 0 Å². The van der Waals surface area contributed by atoms with Gasteiger partial charge in [-0.2, -0.15) is 0 Å². The lowest BCUT2D eigenvalue weighted by molar-refractivity contribution is 0.402. The molecule has 0 saturated carbocycles. The molecular weight excluding hydrogens is 279 g/mol. The number of hydrogen-bond donors (Lipinski definition) is 2. The van der Waals surface area contributed by atoms with E-state index in [-0.39, 0.29) is 17.5 Å². The van der Waals surface area contributed by atoms with Crippen molar-refractivity contribution in [1.29, 1.82) is 0 Å². The Hall–Kier alpha value is -0.980. The third-order valence-electron chi connectivity index (χ3n) is 3.56. The number of halogens is 1. The van der Waals surface area contributed by atoms with Crippen molar-refractivity contribution in [3.8, 4) is 0 Å². The van der Waals surface area contributed by atoms with Crippen molar-refractivity contribution in [3.05, 3.63) is 35.6 Å². The topological polar surface area (TPSA) is 58.2 Å². The first kappa shape index (κ1) is 15.4. The summed E-state index contributed by atoms with van der Waals surface area (Å²) in [5.74, 6) is -0.0781. The Morgan fingerprint density at radius 2 is 2.30 bits per heavy atom. The van der Waals surface area contributed by atoms with Crippen molar-refractivity contribution in [2.45, 2.75) is 25.8 Å². The van der Waals surface area contributed by atoms with Crippen LogP contribution in [0, 0.1) is 11.7 Å². The zero-order valence-electron chi connectivity index (χ0n) is 11.6. The van der Waals surface area contributed by atoms with E-state index in [2.05, 4.69) is 10.0 Å². The normalized spacial score (nSPS) is 21.6. The Kier molecular flexibility index (Phi) is 5.12. The Morgan fingerprint density at radius 3 is 2.95 bits per heavy atom. The molecule has 0 spiro atoms. The molecule has 0 aliphatic carbocycles. The highest BCUT2D eigenvalue weighted by molar-refractivity contribution is 7.89. The van der Waals surface area contributed by atoms with Gasteiger partial charge in [0.05, 0.1) is 5.75 Å². The van der Waals surface area contributed by atoms with E-state index in [9.17, 15) is 12.8 Å². The maximum Gasteiger partial charge on any atom is 0.212 e. The summed E-state index contributed by atoms with van der Waals surface area (Å²) in [7, 11) is -3.35. The molecule has 2 rings (SSSR count). The maximum absolute atomic E-state index is 13.1. The van der Waals surface area contributed by atoms with E-state index in [1.165, 1.54) is 12.1 Å².